The minimum Gasteiger partial charge on any atom is -0.362 e. The van der Waals surface area contributed by atoms with Crippen molar-refractivity contribution in [3.05, 3.63) is 48.2 Å². The molecule has 26 heavy (non-hydrogen) atoms. The summed E-state index contributed by atoms with van der Waals surface area (Å²) in [6, 6.07) is 9.73. The topological polar surface area (TPSA) is 82.6 Å². The number of nitrogens with zero attached hydrogens (tertiary/aromatic N) is 3. The number of rotatable bonds is 5. The fourth-order valence-corrected chi connectivity index (χ4v) is 4.50. The van der Waals surface area contributed by atoms with Crippen LogP contribution in [0.3, 0.4) is 0 Å². The fourth-order valence-electron chi connectivity index (χ4n) is 2.94. The maximum Gasteiger partial charge on any atom is 0.259 e. The van der Waals surface area contributed by atoms with Crippen molar-refractivity contribution in [2.75, 3.05) is 37.4 Å². The Balaban J connectivity index is 1.84. The molecule has 138 valence electrons. The van der Waals surface area contributed by atoms with Gasteiger partial charge in [0.15, 0.2) is 0 Å². The number of aromatic nitrogens is 1. The smallest absolute Gasteiger partial charge is 0.259 e. The fraction of sp³-hybridized carbons (Fsp3) is 0.333. The van der Waals surface area contributed by atoms with Crippen LogP contribution in [0.2, 0.25) is 0 Å². The van der Waals surface area contributed by atoms with Crippen LogP contribution in [0.4, 0.5) is 11.5 Å². The summed E-state index contributed by atoms with van der Waals surface area (Å²) in [5.74, 6) is 0.211. The van der Waals surface area contributed by atoms with Gasteiger partial charge in [-0.15, -0.1) is 0 Å². The van der Waals surface area contributed by atoms with Crippen molar-refractivity contribution >= 4 is 27.4 Å². The second-order valence-electron chi connectivity index (χ2n) is 6.36. The molecule has 1 aliphatic heterocycles. The van der Waals surface area contributed by atoms with Crippen LogP contribution < -0.4 is 10.2 Å². The number of nitrogens with one attached hydrogen (secondary N) is 1. The van der Waals surface area contributed by atoms with Gasteiger partial charge >= 0.3 is 0 Å². The van der Waals surface area contributed by atoms with E-state index in [1.54, 1.807) is 41.4 Å². The van der Waals surface area contributed by atoms with Gasteiger partial charge in [-0.1, -0.05) is 6.07 Å². The number of carbonyl (C=O) groups is 1. The molecule has 7 nitrogen and oxygen atoms in total. The predicted octanol–water partition coefficient (Wildman–Crippen LogP) is 2.18. The summed E-state index contributed by atoms with van der Waals surface area (Å²) < 4.78 is 26.9. The Morgan fingerprint density at radius 3 is 2.58 bits per heavy atom. The molecule has 0 saturated carbocycles. The zero-order valence-corrected chi connectivity index (χ0v) is 15.7. The van der Waals surface area contributed by atoms with E-state index in [4.69, 9.17) is 0 Å². The number of pyridine rings is 1. The number of hydrogen-bond acceptors (Lipinski definition) is 5. The molecule has 0 atom stereocenters. The van der Waals surface area contributed by atoms with E-state index in [0.29, 0.717) is 30.2 Å². The Morgan fingerprint density at radius 2 is 1.88 bits per heavy atom. The monoisotopic (exact) mass is 374 g/mol. The van der Waals surface area contributed by atoms with Gasteiger partial charge in [-0.2, -0.15) is 4.31 Å². The van der Waals surface area contributed by atoms with Crippen molar-refractivity contribution in [1.29, 1.82) is 0 Å². The SMILES string of the molecule is CN(C)c1ncccc1C(=O)Nc1cccc(S(=O)(=O)N2CCCC2)c1. The first-order chi connectivity index (χ1) is 12.4. The maximum absolute atomic E-state index is 12.7. The molecule has 0 spiro atoms. The zero-order chi connectivity index (χ0) is 18.7. The predicted molar refractivity (Wildman–Crippen MR) is 101 cm³/mol. The molecular formula is C18H22N4O3S. The summed E-state index contributed by atoms with van der Waals surface area (Å²) in [5, 5.41) is 2.77. The van der Waals surface area contributed by atoms with Gasteiger partial charge in [-0.05, 0) is 43.2 Å². The quantitative estimate of drug-likeness (QED) is 0.867. The second-order valence-corrected chi connectivity index (χ2v) is 8.30. The molecule has 1 amide bonds. The van der Waals surface area contributed by atoms with Crippen LogP contribution in [-0.2, 0) is 10.0 Å². The number of anilines is 2. The average molecular weight is 374 g/mol. The van der Waals surface area contributed by atoms with E-state index < -0.39 is 10.0 Å². The third-order valence-corrected chi connectivity index (χ3v) is 6.14. The van der Waals surface area contributed by atoms with Gasteiger partial charge in [-0.3, -0.25) is 4.79 Å². The van der Waals surface area contributed by atoms with E-state index in [0.717, 1.165) is 12.8 Å². The summed E-state index contributed by atoms with van der Waals surface area (Å²) in [6.07, 6.45) is 3.38. The Hall–Kier alpha value is -2.45. The first kappa shape index (κ1) is 18.3. The molecule has 0 aliphatic carbocycles. The normalized spacial score (nSPS) is 15.0. The molecule has 2 aromatic rings. The first-order valence-corrected chi connectivity index (χ1v) is 9.87. The maximum atomic E-state index is 12.7. The second kappa shape index (κ2) is 7.43. The van der Waals surface area contributed by atoms with Gasteiger partial charge in [-0.25, -0.2) is 13.4 Å². The Kier molecular flexibility index (Phi) is 5.24. The summed E-state index contributed by atoms with van der Waals surface area (Å²) in [4.78, 5) is 18.8. The number of benzene rings is 1. The lowest BCUT2D eigenvalue weighted by Gasteiger charge is -2.17. The van der Waals surface area contributed by atoms with Crippen molar-refractivity contribution in [2.45, 2.75) is 17.7 Å². The highest BCUT2D eigenvalue weighted by atomic mass is 32.2. The number of carbonyl (C=O) groups excluding carboxylic acids is 1. The molecule has 1 saturated heterocycles. The summed E-state index contributed by atoms with van der Waals surface area (Å²) >= 11 is 0. The van der Waals surface area contributed by atoms with Gasteiger partial charge in [0.05, 0.1) is 10.5 Å². The van der Waals surface area contributed by atoms with Crippen LogP contribution in [0.25, 0.3) is 0 Å². The molecule has 1 fully saturated rings. The van der Waals surface area contributed by atoms with Crippen molar-refractivity contribution in [3.63, 3.8) is 0 Å². The molecule has 0 unspecified atom stereocenters. The van der Waals surface area contributed by atoms with Gasteiger partial charge in [0.1, 0.15) is 5.82 Å². The van der Waals surface area contributed by atoms with Crippen LogP contribution in [0.5, 0.6) is 0 Å². The lowest BCUT2D eigenvalue weighted by atomic mass is 10.2. The van der Waals surface area contributed by atoms with Crippen LogP contribution in [0.1, 0.15) is 23.2 Å². The van der Waals surface area contributed by atoms with E-state index in [-0.39, 0.29) is 10.8 Å². The lowest BCUT2D eigenvalue weighted by molar-refractivity contribution is 0.102. The van der Waals surface area contributed by atoms with Crippen molar-refractivity contribution in [2.24, 2.45) is 0 Å². The van der Waals surface area contributed by atoms with Crippen LogP contribution in [0.15, 0.2) is 47.5 Å². The van der Waals surface area contributed by atoms with Crippen molar-refractivity contribution < 1.29 is 13.2 Å². The molecule has 3 rings (SSSR count). The Morgan fingerprint density at radius 1 is 1.15 bits per heavy atom. The summed E-state index contributed by atoms with van der Waals surface area (Å²) in [5.41, 5.74) is 0.856. The molecule has 0 radical (unpaired) electrons. The van der Waals surface area contributed by atoms with E-state index in [1.807, 2.05) is 14.1 Å². The highest BCUT2D eigenvalue weighted by Crippen LogP contribution is 2.24. The van der Waals surface area contributed by atoms with Crippen molar-refractivity contribution in [1.82, 2.24) is 9.29 Å². The molecule has 1 aliphatic rings. The highest BCUT2D eigenvalue weighted by Gasteiger charge is 2.27. The van der Waals surface area contributed by atoms with Crippen molar-refractivity contribution in [3.8, 4) is 0 Å². The molecule has 2 heterocycles. The molecule has 0 bridgehead atoms. The number of sulfonamides is 1. The molecule has 1 aromatic carbocycles. The van der Waals surface area contributed by atoms with Crippen LogP contribution >= 0.6 is 0 Å². The van der Waals surface area contributed by atoms with E-state index >= 15 is 0 Å². The molecular weight excluding hydrogens is 352 g/mol. The largest absolute Gasteiger partial charge is 0.362 e. The minimum absolute atomic E-state index is 0.191. The van der Waals surface area contributed by atoms with E-state index in [1.165, 1.54) is 10.4 Å². The van der Waals surface area contributed by atoms with Gasteiger partial charge in [0, 0.05) is 39.1 Å². The first-order valence-electron chi connectivity index (χ1n) is 8.43. The molecule has 8 heteroatoms. The van der Waals surface area contributed by atoms with E-state index in [9.17, 15) is 13.2 Å². The number of amides is 1. The summed E-state index contributed by atoms with van der Waals surface area (Å²) in [6.45, 7) is 1.08. The Bertz CT molecular complexity index is 906. The standard InChI is InChI=1S/C18H22N4O3S/c1-21(2)17-16(9-6-10-19-17)18(23)20-14-7-5-8-15(13-14)26(24,25)22-11-3-4-12-22/h5-10,13H,3-4,11-12H2,1-2H3,(H,20,23). The van der Waals surface area contributed by atoms with Crippen LogP contribution in [0, 0.1) is 0 Å². The average Bonchev–Trinajstić information content (AvgIpc) is 3.17. The van der Waals surface area contributed by atoms with Gasteiger partial charge in [0.2, 0.25) is 10.0 Å². The third kappa shape index (κ3) is 3.71. The van der Waals surface area contributed by atoms with Gasteiger partial charge < -0.3 is 10.2 Å². The minimum atomic E-state index is -3.52. The molecule has 1 N–H and O–H groups in total. The number of hydrogen-bond donors (Lipinski definition) is 1. The molecule has 1 aromatic heterocycles. The third-order valence-electron chi connectivity index (χ3n) is 4.25. The van der Waals surface area contributed by atoms with Crippen LogP contribution in [-0.4, -0.2) is 50.8 Å². The zero-order valence-electron chi connectivity index (χ0n) is 14.8. The highest BCUT2D eigenvalue weighted by molar-refractivity contribution is 7.89. The Labute approximate surface area is 153 Å². The van der Waals surface area contributed by atoms with Gasteiger partial charge in [0.25, 0.3) is 5.91 Å². The van der Waals surface area contributed by atoms with E-state index in [2.05, 4.69) is 10.3 Å². The summed E-state index contributed by atoms with van der Waals surface area (Å²) in [7, 11) is 0.0940. The lowest BCUT2D eigenvalue weighted by Crippen LogP contribution is -2.28.